The first-order chi connectivity index (χ1) is 23.6. The monoisotopic (exact) mass is 715 g/mol. The average Bonchev–Trinajstić information content (AvgIpc) is 3.07. The Hall–Kier alpha value is -2.30. The van der Waals surface area contributed by atoms with E-state index in [1.807, 2.05) is 0 Å². The fourth-order valence-electron chi connectivity index (χ4n) is 4.66. The second kappa shape index (κ2) is 32.9. The molecule has 0 aliphatic carbocycles. The fourth-order valence-corrected chi connectivity index (χ4v) is 5.44. The van der Waals surface area contributed by atoms with E-state index >= 15 is 0 Å². The highest BCUT2D eigenvalue weighted by atomic mass is 31.2. The molecule has 4 N–H and O–H groups in total. The summed E-state index contributed by atoms with van der Waals surface area (Å²) in [7, 11) is -4.71. The lowest BCUT2D eigenvalue weighted by Gasteiger charge is -2.20. The minimum absolute atomic E-state index is 0.154. The molecule has 0 aliphatic heterocycles. The van der Waals surface area contributed by atoms with Crippen molar-refractivity contribution >= 4 is 25.7 Å². The molecule has 1 unspecified atom stereocenters. The van der Waals surface area contributed by atoms with Crippen LogP contribution < -0.4 is 5.73 Å². The summed E-state index contributed by atoms with van der Waals surface area (Å²) in [4.78, 5) is 45.6. The van der Waals surface area contributed by atoms with E-state index in [4.69, 9.17) is 24.8 Å². The molecule has 11 nitrogen and oxygen atoms in total. The van der Waals surface area contributed by atoms with Gasteiger partial charge in [0.15, 0.2) is 6.10 Å². The zero-order valence-corrected chi connectivity index (χ0v) is 31.2. The summed E-state index contributed by atoms with van der Waals surface area (Å²) in [6, 6.07) is -1.52. The molecule has 49 heavy (non-hydrogen) atoms. The van der Waals surface area contributed by atoms with Gasteiger partial charge in [-0.3, -0.25) is 23.4 Å². The number of rotatable bonds is 34. The van der Waals surface area contributed by atoms with Crippen LogP contribution in [-0.4, -0.2) is 59.9 Å². The molecule has 284 valence electrons. The van der Waals surface area contributed by atoms with E-state index < -0.39 is 51.1 Å². The van der Waals surface area contributed by atoms with Crippen LogP contribution in [-0.2, 0) is 37.5 Å². The lowest BCUT2D eigenvalue weighted by atomic mass is 10.1. The maximum Gasteiger partial charge on any atom is 0.472 e. The van der Waals surface area contributed by atoms with Crippen LogP contribution in [0.1, 0.15) is 149 Å². The predicted molar refractivity (Wildman–Crippen MR) is 194 cm³/mol. The molecule has 12 heteroatoms. The maximum atomic E-state index is 12.5. The Bertz CT molecular complexity index is 984. The number of allylic oxidation sites excluding steroid dienone is 6. The Morgan fingerprint density at radius 3 is 1.65 bits per heavy atom. The molecular weight excluding hydrogens is 649 g/mol. The largest absolute Gasteiger partial charge is 0.480 e. The van der Waals surface area contributed by atoms with Crippen molar-refractivity contribution in [2.45, 2.75) is 161 Å². The zero-order chi connectivity index (χ0) is 36.4. The normalized spacial score (nSPS) is 14.4. The van der Waals surface area contributed by atoms with E-state index in [0.29, 0.717) is 12.8 Å². The lowest BCUT2D eigenvalue weighted by molar-refractivity contribution is -0.161. The van der Waals surface area contributed by atoms with Gasteiger partial charge in [0, 0.05) is 12.8 Å². The molecule has 0 aromatic carbocycles. The number of ether oxygens (including phenoxy) is 2. The van der Waals surface area contributed by atoms with E-state index in [9.17, 15) is 23.8 Å². The second-order valence-corrected chi connectivity index (χ2v) is 13.8. The molecule has 0 aliphatic rings. The van der Waals surface area contributed by atoms with E-state index in [-0.39, 0.29) is 19.4 Å². The van der Waals surface area contributed by atoms with Crippen LogP contribution >= 0.6 is 7.82 Å². The third-order valence-electron chi connectivity index (χ3n) is 7.64. The van der Waals surface area contributed by atoms with Gasteiger partial charge in [-0.15, -0.1) is 0 Å². The number of phosphoric acid groups is 1. The predicted octanol–water partition coefficient (Wildman–Crippen LogP) is 8.89. The van der Waals surface area contributed by atoms with E-state index in [0.717, 1.165) is 51.4 Å². The molecule has 3 atom stereocenters. The van der Waals surface area contributed by atoms with Gasteiger partial charge < -0.3 is 25.2 Å². The SMILES string of the molecule is CCCCC/C=C\C/C=C\C/C=C\CCCCC(=O)OC[C@H](COP(=O)(O)OC[C@H](N)C(=O)O)OC(=O)CCCCCCCCCCCC. The van der Waals surface area contributed by atoms with E-state index in [2.05, 4.69) is 54.8 Å². The minimum Gasteiger partial charge on any atom is -0.480 e. The third kappa shape index (κ3) is 32.7. The van der Waals surface area contributed by atoms with Crippen LogP contribution in [0.4, 0.5) is 0 Å². The number of carboxylic acids is 1. The molecule has 0 fully saturated rings. The van der Waals surface area contributed by atoms with E-state index in [1.54, 1.807) is 0 Å². The second-order valence-electron chi connectivity index (χ2n) is 12.4. The molecule has 0 heterocycles. The van der Waals surface area contributed by atoms with Gasteiger partial charge in [-0.25, -0.2) is 4.57 Å². The molecule has 0 radical (unpaired) electrons. The molecule has 0 aromatic rings. The van der Waals surface area contributed by atoms with Crippen molar-refractivity contribution in [3.63, 3.8) is 0 Å². The molecule has 0 saturated carbocycles. The van der Waals surface area contributed by atoms with Crippen molar-refractivity contribution in [3.8, 4) is 0 Å². The lowest BCUT2D eigenvalue weighted by Crippen LogP contribution is -2.34. The van der Waals surface area contributed by atoms with Gasteiger partial charge in [-0.2, -0.15) is 0 Å². The van der Waals surface area contributed by atoms with E-state index in [1.165, 1.54) is 57.8 Å². The Labute approximate surface area is 295 Å². The maximum absolute atomic E-state index is 12.5. The first-order valence-electron chi connectivity index (χ1n) is 18.5. The molecule has 0 bridgehead atoms. The van der Waals surface area contributed by atoms with Gasteiger partial charge in [0.1, 0.15) is 12.6 Å². The topological polar surface area (TPSA) is 172 Å². The van der Waals surface area contributed by atoms with Crippen molar-refractivity contribution in [2.75, 3.05) is 19.8 Å². The number of hydrogen-bond acceptors (Lipinski definition) is 9. The van der Waals surface area contributed by atoms with Crippen LogP contribution in [0.15, 0.2) is 36.5 Å². The molecule has 0 saturated heterocycles. The number of unbranched alkanes of at least 4 members (excludes halogenated alkanes) is 14. The smallest absolute Gasteiger partial charge is 0.472 e. The number of hydrogen-bond donors (Lipinski definition) is 3. The Balaban J connectivity index is 4.51. The van der Waals surface area contributed by atoms with Crippen molar-refractivity contribution < 1.29 is 47.5 Å². The number of carbonyl (C=O) groups is 3. The summed E-state index contributed by atoms with van der Waals surface area (Å²) >= 11 is 0. The van der Waals surface area contributed by atoms with Gasteiger partial charge in [-0.05, 0) is 51.4 Å². The first kappa shape index (κ1) is 46.7. The van der Waals surface area contributed by atoms with Crippen LogP contribution in [0, 0.1) is 0 Å². The summed E-state index contributed by atoms with van der Waals surface area (Å²) < 4.78 is 32.4. The van der Waals surface area contributed by atoms with Crippen LogP contribution in [0.5, 0.6) is 0 Å². The van der Waals surface area contributed by atoms with Gasteiger partial charge in [0.2, 0.25) is 0 Å². The third-order valence-corrected chi connectivity index (χ3v) is 8.59. The highest BCUT2D eigenvalue weighted by Gasteiger charge is 2.28. The Morgan fingerprint density at radius 2 is 1.08 bits per heavy atom. The van der Waals surface area contributed by atoms with Gasteiger partial charge >= 0.3 is 25.7 Å². The zero-order valence-electron chi connectivity index (χ0n) is 30.3. The number of nitrogens with two attached hydrogens (primary N) is 1. The molecular formula is C37H66NO10P. The van der Waals surface area contributed by atoms with Crippen molar-refractivity contribution in [3.05, 3.63) is 36.5 Å². The minimum atomic E-state index is -4.71. The highest BCUT2D eigenvalue weighted by molar-refractivity contribution is 7.47. The quantitative estimate of drug-likeness (QED) is 0.0251. The number of carbonyl (C=O) groups excluding carboxylic acids is 2. The summed E-state index contributed by atoms with van der Waals surface area (Å²) in [6.45, 7) is 2.69. The summed E-state index contributed by atoms with van der Waals surface area (Å²) in [5.74, 6) is -2.43. The summed E-state index contributed by atoms with van der Waals surface area (Å²) in [5, 5.41) is 8.84. The molecule has 0 amide bonds. The van der Waals surface area contributed by atoms with Crippen LogP contribution in [0.25, 0.3) is 0 Å². The van der Waals surface area contributed by atoms with Crippen molar-refractivity contribution in [2.24, 2.45) is 5.73 Å². The first-order valence-corrected chi connectivity index (χ1v) is 20.0. The van der Waals surface area contributed by atoms with Crippen molar-refractivity contribution in [1.82, 2.24) is 0 Å². The molecule has 0 rings (SSSR count). The number of esters is 2. The van der Waals surface area contributed by atoms with Crippen LogP contribution in [0.3, 0.4) is 0 Å². The molecule has 0 aromatic heterocycles. The summed E-state index contributed by atoms with van der Waals surface area (Å²) in [6.07, 6.45) is 32.3. The van der Waals surface area contributed by atoms with Gasteiger partial charge in [0.05, 0.1) is 13.2 Å². The van der Waals surface area contributed by atoms with Gasteiger partial charge in [0.25, 0.3) is 0 Å². The van der Waals surface area contributed by atoms with Gasteiger partial charge in [-0.1, -0.05) is 121 Å². The number of phosphoric ester groups is 1. The standard InChI is InChI=1S/C37H66NO10P/c1-3-5-7-9-11-13-15-16-17-18-19-21-22-24-26-28-35(39)45-30-33(31-46-49(43,44)47-32-34(38)37(41)42)48-36(40)29-27-25-23-20-14-12-10-8-6-4-2/h11,13,16-17,19,21,33-34H,3-10,12,14-15,18,20,22-32,38H2,1-2H3,(H,41,42)(H,43,44)/b13-11-,17-16-,21-19-/t33-,34+/m1/s1. The number of aliphatic carboxylic acids is 1. The summed E-state index contributed by atoms with van der Waals surface area (Å²) in [5.41, 5.74) is 5.30. The average molecular weight is 716 g/mol. The highest BCUT2D eigenvalue weighted by Crippen LogP contribution is 2.43. The molecule has 0 spiro atoms. The van der Waals surface area contributed by atoms with Crippen molar-refractivity contribution in [1.29, 1.82) is 0 Å². The fraction of sp³-hybridized carbons (Fsp3) is 0.757. The number of carboxylic acid groups (broad SMARTS) is 1. The Kier molecular flexibility index (Phi) is 31.3. The van der Waals surface area contributed by atoms with Crippen LogP contribution in [0.2, 0.25) is 0 Å². The Morgan fingerprint density at radius 1 is 0.633 bits per heavy atom.